The molecule has 10 aromatic rings. The van der Waals surface area contributed by atoms with Crippen molar-refractivity contribution in [1.29, 1.82) is 0 Å². The second kappa shape index (κ2) is 11.9. The summed E-state index contributed by atoms with van der Waals surface area (Å²) in [5, 5.41) is 7.32. The minimum Gasteiger partial charge on any atom is -0.292 e. The van der Waals surface area contributed by atoms with E-state index in [9.17, 15) is 0 Å². The fourth-order valence-corrected chi connectivity index (χ4v) is 7.22. The summed E-state index contributed by atoms with van der Waals surface area (Å²) in [6, 6.07) is 60.9. The first-order chi connectivity index (χ1) is 25.3. The molecule has 5 heteroatoms. The smallest absolute Gasteiger partial charge is 0.164 e. The normalized spacial score (nSPS) is 11.5. The molecule has 0 unspecified atom stereocenters. The van der Waals surface area contributed by atoms with E-state index in [1.165, 1.54) is 32.3 Å². The first kappa shape index (κ1) is 29.0. The molecule has 8 aromatic carbocycles. The van der Waals surface area contributed by atoms with Crippen LogP contribution in [0.15, 0.2) is 176 Å². The van der Waals surface area contributed by atoms with Gasteiger partial charge in [0.25, 0.3) is 0 Å². The number of benzene rings is 8. The summed E-state index contributed by atoms with van der Waals surface area (Å²) in [6.07, 6.45) is 0. The van der Waals surface area contributed by atoms with Gasteiger partial charge in [-0.3, -0.25) is 4.57 Å². The fraction of sp³-hybridized carbons (Fsp3) is 0. The Morgan fingerprint density at radius 3 is 1.41 bits per heavy atom. The largest absolute Gasteiger partial charge is 0.292 e. The highest BCUT2D eigenvalue weighted by molar-refractivity contribution is 6.25. The minimum atomic E-state index is 0.616. The Labute approximate surface area is 294 Å². The number of fused-ring (bicyclic) bond motifs is 7. The highest BCUT2D eigenvalue weighted by Gasteiger charge is 2.17. The third-order valence-corrected chi connectivity index (χ3v) is 9.65. The number of para-hydroxylation sites is 3. The van der Waals surface area contributed by atoms with Gasteiger partial charge in [-0.05, 0) is 62.6 Å². The standard InChI is InChI=1S/C46H29N5/c1-3-13-30(14-4-1)43-48-44(31-23-25-32(26-24-31)46-47-41-21-11-12-22-42(41)51(46)34-15-5-2-6-16-34)50-45(49-43)33-27-28-39-37-19-8-7-17-35(37)36-18-9-10-20-38(36)40(39)29-33/h1-29H. The van der Waals surface area contributed by atoms with Gasteiger partial charge in [-0.15, -0.1) is 0 Å². The van der Waals surface area contributed by atoms with Gasteiger partial charge in [0.05, 0.1) is 11.0 Å². The molecule has 0 aliphatic heterocycles. The van der Waals surface area contributed by atoms with Crippen molar-refractivity contribution in [3.8, 4) is 51.2 Å². The lowest BCUT2D eigenvalue weighted by Crippen LogP contribution is -2.00. The summed E-state index contributed by atoms with van der Waals surface area (Å²) in [5.74, 6) is 2.76. The van der Waals surface area contributed by atoms with Crippen molar-refractivity contribution >= 4 is 43.4 Å². The maximum atomic E-state index is 5.11. The van der Waals surface area contributed by atoms with E-state index >= 15 is 0 Å². The maximum Gasteiger partial charge on any atom is 0.164 e. The predicted octanol–water partition coefficient (Wildman–Crippen LogP) is 11.3. The summed E-state index contributed by atoms with van der Waals surface area (Å²) in [5.41, 5.74) is 6.87. The van der Waals surface area contributed by atoms with Gasteiger partial charge in [0.2, 0.25) is 0 Å². The van der Waals surface area contributed by atoms with Crippen molar-refractivity contribution < 1.29 is 0 Å². The Morgan fingerprint density at radius 2 is 0.765 bits per heavy atom. The van der Waals surface area contributed by atoms with Crippen LogP contribution in [0.3, 0.4) is 0 Å². The van der Waals surface area contributed by atoms with Crippen LogP contribution in [-0.4, -0.2) is 24.5 Å². The molecule has 0 N–H and O–H groups in total. The average Bonchev–Trinajstić information content (AvgIpc) is 3.61. The number of aromatic nitrogens is 5. The number of nitrogens with zero attached hydrogens (tertiary/aromatic N) is 5. The SMILES string of the molecule is c1ccc(-c2nc(-c3ccc(-c4nc5ccccc5n4-c4ccccc4)cc3)nc(-c3ccc4c5ccccc5c5ccccc5c4c3)n2)cc1. The molecule has 238 valence electrons. The lowest BCUT2D eigenvalue weighted by molar-refractivity contribution is 1.07. The molecule has 0 spiro atoms. The van der Waals surface area contributed by atoms with Gasteiger partial charge in [0.1, 0.15) is 5.82 Å². The van der Waals surface area contributed by atoms with Crippen LogP contribution < -0.4 is 0 Å². The van der Waals surface area contributed by atoms with Gasteiger partial charge in [0.15, 0.2) is 17.5 Å². The van der Waals surface area contributed by atoms with Crippen molar-refractivity contribution in [3.63, 3.8) is 0 Å². The second-order valence-corrected chi connectivity index (χ2v) is 12.7. The molecular formula is C46H29N5. The Balaban J connectivity index is 1.12. The first-order valence-corrected chi connectivity index (χ1v) is 17.1. The summed E-state index contributed by atoms with van der Waals surface area (Å²) in [6.45, 7) is 0. The van der Waals surface area contributed by atoms with Crippen LogP contribution in [0, 0.1) is 0 Å². The predicted molar refractivity (Wildman–Crippen MR) is 209 cm³/mol. The van der Waals surface area contributed by atoms with Gasteiger partial charge in [-0.1, -0.05) is 146 Å². The van der Waals surface area contributed by atoms with E-state index in [0.717, 1.165) is 44.8 Å². The van der Waals surface area contributed by atoms with Crippen molar-refractivity contribution in [2.75, 3.05) is 0 Å². The van der Waals surface area contributed by atoms with Crippen LogP contribution in [0.1, 0.15) is 0 Å². The highest BCUT2D eigenvalue weighted by Crippen LogP contribution is 2.37. The zero-order valence-corrected chi connectivity index (χ0v) is 27.5. The zero-order chi connectivity index (χ0) is 33.7. The first-order valence-electron chi connectivity index (χ1n) is 17.1. The van der Waals surface area contributed by atoms with E-state index < -0.39 is 0 Å². The van der Waals surface area contributed by atoms with Crippen LogP contribution in [-0.2, 0) is 0 Å². The summed E-state index contributed by atoms with van der Waals surface area (Å²) in [4.78, 5) is 20.2. The van der Waals surface area contributed by atoms with Crippen LogP contribution in [0.25, 0.3) is 94.6 Å². The lowest BCUT2D eigenvalue weighted by atomic mass is 9.93. The van der Waals surface area contributed by atoms with Gasteiger partial charge in [-0.25, -0.2) is 19.9 Å². The number of imidazole rings is 1. The second-order valence-electron chi connectivity index (χ2n) is 12.7. The van der Waals surface area contributed by atoms with Gasteiger partial charge in [0, 0.05) is 27.9 Å². The maximum absolute atomic E-state index is 5.11. The van der Waals surface area contributed by atoms with Crippen molar-refractivity contribution in [2.24, 2.45) is 0 Å². The van der Waals surface area contributed by atoms with Crippen molar-refractivity contribution in [2.45, 2.75) is 0 Å². The third-order valence-electron chi connectivity index (χ3n) is 9.65. The van der Waals surface area contributed by atoms with Gasteiger partial charge >= 0.3 is 0 Å². The summed E-state index contributed by atoms with van der Waals surface area (Å²) in [7, 11) is 0. The van der Waals surface area contributed by atoms with Gasteiger partial charge < -0.3 is 0 Å². The molecule has 0 saturated carbocycles. The molecule has 0 aliphatic carbocycles. The van der Waals surface area contributed by atoms with E-state index in [1.807, 2.05) is 42.5 Å². The Bertz CT molecular complexity index is 2860. The van der Waals surface area contributed by atoms with Gasteiger partial charge in [-0.2, -0.15) is 0 Å². The molecule has 0 fully saturated rings. The van der Waals surface area contributed by atoms with Crippen molar-refractivity contribution in [1.82, 2.24) is 24.5 Å². The molecule has 51 heavy (non-hydrogen) atoms. The van der Waals surface area contributed by atoms with E-state index in [4.69, 9.17) is 19.9 Å². The molecular weight excluding hydrogens is 623 g/mol. The molecule has 10 rings (SSSR count). The molecule has 2 aromatic heterocycles. The van der Waals surface area contributed by atoms with E-state index in [-0.39, 0.29) is 0 Å². The number of hydrogen-bond acceptors (Lipinski definition) is 4. The minimum absolute atomic E-state index is 0.616. The molecule has 0 saturated heterocycles. The van der Waals surface area contributed by atoms with Crippen molar-refractivity contribution in [3.05, 3.63) is 176 Å². The topological polar surface area (TPSA) is 56.5 Å². The number of hydrogen-bond donors (Lipinski definition) is 0. The number of rotatable bonds is 5. The van der Waals surface area contributed by atoms with E-state index in [1.54, 1.807) is 0 Å². The molecule has 0 bridgehead atoms. The Kier molecular flexibility index (Phi) is 6.74. The Hall–Kier alpha value is -6.98. The quantitative estimate of drug-likeness (QED) is 0.174. The Morgan fingerprint density at radius 1 is 0.314 bits per heavy atom. The van der Waals surface area contributed by atoms with E-state index in [0.29, 0.717) is 17.5 Å². The van der Waals surface area contributed by atoms with Crippen LogP contribution in [0.5, 0.6) is 0 Å². The zero-order valence-electron chi connectivity index (χ0n) is 27.5. The molecule has 0 atom stereocenters. The molecule has 0 radical (unpaired) electrons. The lowest BCUT2D eigenvalue weighted by Gasteiger charge is -2.13. The molecule has 0 amide bonds. The summed E-state index contributed by atoms with van der Waals surface area (Å²) >= 11 is 0. The molecule has 2 heterocycles. The average molecular weight is 652 g/mol. The van der Waals surface area contributed by atoms with E-state index in [2.05, 4.69) is 138 Å². The third kappa shape index (κ3) is 4.94. The van der Waals surface area contributed by atoms with Crippen LogP contribution in [0.2, 0.25) is 0 Å². The van der Waals surface area contributed by atoms with Crippen LogP contribution in [0.4, 0.5) is 0 Å². The van der Waals surface area contributed by atoms with Crippen LogP contribution >= 0.6 is 0 Å². The molecule has 0 aliphatic rings. The summed E-state index contributed by atoms with van der Waals surface area (Å²) < 4.78 is 2.21. The highest BCUT2D eigenvalue weighted by atomic mass is 15.1. The fourth-order valence-electron chi connectivity index (χ4n) is 7.22. The molecule has 5 nitrogen and oxygen atoms in total. The monoisotopic (exact) mass is 651 g/mol.